The van der Waals surface area contributed by atoms with Crippen molar-refractivity contribution >= 4 is 27.6 Å². The van der Waals surface area contributed by atoms with Crippen LogP contribution in [0.1, 0.15) is 18.7 Å². The molecular formula is C27H29N7O. The third-order valence-electron chi connectivity index (χ3n) is 6.80. The van der Waals surface area contributed by atoms with Gasteiger partial charge in [-0.15, -0.1) is 0 Å². The molecule has 35 heavy (non-hydrogen) atoms. The van der Waals surface area contributed by atoms with Crippen LogP contribution >= 0.6 is 0 Å². The zero-order valence-corrected chi connectivity index (χ0v) is 19.8. The van der Waals surface area contributed by atoms with Crippen LogP contribution in [0.25, 0.3) is 33.5 Å². The van der Waals surface area contributed by atoms with Crippen molar-refractivity contribution < 1.29 is 4.74 Å². The lowest BCUT2D eigenvalue weighted by atomic mass is 10.0. The Bertz CT molecular complexity index is 1480. The number of pyridine rings is 1. The molecule has 8 heteroatoms. The lowest BCUT2D eigenvalue weighted by Gasteiger charge is -2.32. The molecule has 3 N–H and O–H groups in total. The molecule has 178 valence electrons. The summed E-state index contributed by atoms with van der Waals surface area (Å²) in [4.78, 5) is 19.9. The minimum atomic E-state index is 0.296. The van der Waals surface area contributed by atoms with E-state index in [0.29, 0.717) is 12.6 Å². The van der Waals surface area contributed by atoms with Gasteiger partial charge in [-0.05, 0) is 44.0 Å². The van der Waals surface area contributed by atoms with Crippen LogP contribution < -0.4 is 15.4 Å². The van der Waals surface area contributed by atoms with Crippen molar-refractivity contribution in [3.8, 4) is 17.3 Å². The Balaban J connectivity index is 1.25. The number of benzene rings is 2. The normalized spacial score (nSPS) is 14.7. The first kappa shape index (κ1) is 21.6. The van der Waals surface area contributed by atoms with E-state index in [1.807, 2.05) is 37.4 Å². The van der Waals surface area contributed by atoms with Crippen LogP contribution in [-0.4, -0.2) is 50.2 Å². The number of aromatic nitrogens is 5. The summed E-state index contributed by atoms with van der Waals surface area (Å²) >= 11 is 0. The number of aryl methyl sites for hydroxylation is 1. The predicted octanol–water partition coefficient (Wildman–Crippen LogP) is 4.29. The Morgan fingerprint density at radius 3 is 2.80 bits per heavy atom. The zero-order chi connectivity index (χ0) is 23.8. The number of anilines is 1. The quantitative estimate of drug-likeness (QED) is 0.387. The summed E-state index contributed by atoms with van der Waals surface area (Å²) in [5.74, 6) is 2.54. The predicted molar refractivity (Wildman–Crippen MR) is 139 cm³/mol. The summed E-state index contributed by atoms with van der Waals surface area (Å²) in [6, 6.07) is 16.8. The number of fused-ring (bicyclic) bond motifs is 2. The summed E-state index contributed by atoms with van der Waals surface area (Å²) < 4.78 is 8.05. The van der Waals surface area contributed by atoms with Gasteiger partial charge in [0.25, 0.3) is 0 Å². The fourth-order valence-electron chi connectivity index (χ4n) is 4.76. The molecule has 1 aliphatic heterocycles. The molecule has 1 fully saturated rings. The summed E-state index contributed by atoms with van der Waals surface area (Å²) in [7, 11) is 0. The fourth-order valence-corrected chi connectivity index (χ4v) is 4.76. The molecule has 0 aliphatic carbocycles. The molecule has 0 unspecified atom stereocenters. The molecular weight excluding hydrogens is 438 g/mol. The number of nitrogens with two attached hydrogens (primary N) is 1. The Hall–Kier alpha value is -3.91. The van der Waals surface area contributed by atoms with Gasteiger partial charge < -0.3 is 24.9 Å². The third-order valence-corrected chi connectivity index (χ3v) is 6.80. The second-order valence-corrected chi connectivity index (χ2v) is 9.15. The van der Waals surface area contributed by atoms with Crippen LogP contribution in [-0.2, 0) is 6.54 Å². The van der Waals surface area contributed by atoms with Crippen LogP contribution in [0.2, 0.25) is 0 Å². The number of nitrogens with one attached hydrogen (secondary N) is 1. The van der Waals surface area contributed by atoms with E-state index in [1.54, 1.807) is 6.20 Å². The van der Waals surface area contributed by atoms with Crippen molar-refractivity contribution in [3.63, 3.8) is 0 Å². The average molecular weight is 468 g/mol. The van der Waals surface area contributed by atoms with Gasteiger partial charge in [-0.1, -0.05) is 18.2 Å². The highest BCUT2D eigenvalue weighted by Gasteiger charge is 2.19. The number of ether oxygens (including phenoxy) is 1. The number of piperidine rings is 1. The molecule has 5 aromatic rings. The van der Waals surface area contributed by atoms with Crippen LogP contribution in [0.4, 0.5) is 5.69 Å². The van der Waals surface area contributed by atoms with E-state index in [2.05, 4.69) is 43.7 Å². The molecule has 0 atom stereocenters. The maximum atomic E-state index is 6.12. The van der Waals surface area contributed by atoms with Gasteiger partial charge in [-0.2, -0.15) is 0 Å². The monoisotopic (exact) mass is 467 g/mol. The molecule has 0 radical (unpaired) electrons. The van der Waals surface area contributed by atoms with Crippen molar-refractivity contribution in [1.29, 1.82) is 0 Å². The minimum Gasteiger partial charge on any atom is -0.492 e. The van der Waals surface area contributed by atoms with Crippen molar-refractivity contribution in [1.82, 2.24) is 24.5 Å². The molecule has 3 aromatic heterocycles. The third kappa shape index (κ3) is 4.33. The zero-order valence-electron chi connectivity index (χ0n) is 19.8. The van der Waals surface area contributed by atoms with Crippen molar-refractivity contribution in [3.05, 3.63) is 66.7 Å². The molecule has 0 spiro atoms. The highest BCUT2D eigenvalue weighted by molar-refractivity contribution is 5.92. The molecule has 1 saturated heterocycles. The first-order chi connectivity index (χ1) is 17.1. The van der Waals surface area contributed by atoms with Crippen LogP contribution in [0.15, 0.2) is 60.9 Å². The summed E-state index contributed by atoms with van der Waals surface area (Å²) in [6.45, 7) is 5.23. The number of aromatic amines is 1. The Kier molecular flexibility index (Phi) is 5.58. The maximum Gasteiger partial charge on any atom is 0.157 e. The van der Waals surface area contributed by atoms with Gasteiger partial charge in [0.15, 0.2) is 5.82 Å². The average Bonchev–Trinajstić information content (AvgIpc) is 3.49. The van der Waals surface area contributed by atoms with Gasteiger partial charge in [-0.25, -0.2) is 15.0 Å². The highest BCUT2D eigenvalue weighted by atomic mass is 16.5. The number of H-pyrrole nitrogens is 1. The van der Waals surface area contributed by atoms with Crippen LogP contribution in [0.5, 0.6) is 5.75 Å². The van der Waals surface area contributed by atoms with E-state index < -0.39 is 0 Å². The lowest BCUT2D eigenvalue weighted by Crippen LogP contribution is -2.39. The van der Waals surface area contributed by atoms with Gasteiger partial charge in [-0.3, -0.25) is 0 Å². The van der Waals surface area contributed by atoms with Gasteiger partial charge >= 0.3 is 0 Å². The Morgan fingerprint density at radius 2 is 1.97 bits per heavy atom. The number of rotatable bonds is 6. The number of para-hydroxylation sites is 1. The standard InChI is InChI=1S/C27H29N7O/c1-18-29-11-14-33(18)15-16-35-21-6-8-22-24(17-21)32-27(31-22)23-7-5-19-3-2-4-25(26(19)30-23)34-12-9-20(28)10-13-34/h2-8,11,14,17,20H,9-10,12-13,15-16,28H2,1H3,(H,31,32). The van der Waals surface area contributed by atoms with Crippen molar-refractivity contribution in [2.75, 3.05) is 24.6 Å². The first-order valence-electron chi connectivity index (χ1n) is 12.1. The van der Waals surface area contributed by atoms with E-state index in [-0.39, 0.29) is 0 Å². The van der Waals surface area contributed by atoms with Gasteiger partial charge in [0.2, 0.25) is 0 Å². The van der Waals surface area contributed by atoms with Crippen molar-refractivity contribution in [2.24, 2.45) is 5.73 Å². The van der Waals surface area contributed by atoms with Gasteiger partial charge in [0.1, 0.15) is 23.9 Å². The second-order valence-electron chi connectivity index (χ2n) is 9.15. The maximum absolute atomic E-state index is 6.12. The van der Waals surface area contributed by atoms with Gasteiger partial charge in [0, 0.05) is 43.0 Å². The molecule has 4 heterocycles. The molecule has 0 bridgehead atoms. The molecule has 8 nitrogen and oxygen atoms in total. The van der Waals surface area contributed by atoms with E-state index in [1.165, 1.54) is 0 Å². The van der Waals surface area contributed by atoms with E-state index >= 15 is 0 Å². The molecule has 1 aliphatic rings. The summed E-state index contributed by atoms with van der Waals surface area (Å²) in [6.07, 6.45) is 5.78. The molecule has 6 rings (SSSR count). The van der Waals surface area contributed by atoms with E-state index in [9.17, 15) is 0 Å². The number of imidazole rings is 2. The van der Waals surface area contributed by atoms with Gasteiger partial charge in [0.05, 0.1) is 28.8 Å². The second kappa shape index (κ2) is 9.03. The number of nitrogens with zero attached hydrogens (tertiary/aromatic N) is 5. The summed E-state index contributed by atoms with van der Waals surface area (Å²) in [5.41, 5.74) is 10.9. The lowest BCUT2D eigenvalue weighted by molar-refractivity contribution is 0.297. The minimum absolute atomic E-state index is 0.296. The van der Waals surface area contributed by atoms with E-state index in [0.717, 1.165) is 83.2 Å². The fraction of sp³-hybridized carbons (Fsp3) is 0.296. The highest BCUT2D eigenvalue weighted by Crippen LogP contribution is 2.30. The molecule has 2 aromatic carbocycles. The summed E-state index contributed by atoms with van der Waals surface area (Å²) in [5, 5.41) is 1.13. The van der Waals surface area contributed by atoms with Crippen LogP contribution in [0.3, 0.4) is 0 Å². The number of hydrogen-bond donors (Lipinski definition) is 2. The first-order valence-corrected chi connectivity index (χ1v) is 12.1. The molecule has 0 amide bonds. The Morgan fingerprint density at radius 1 is 1.09 bits per heavy atom. The van der Waals surface area contributed by atoms with Crippen molar-refractivity contribution in [2.45, 2.75) is 32.4 Å². The smallest absolute Gasteiger partial charge is 0.157 e. The molecule has 0 saturated carbocycles. The topological polar surface area (TPSA) is 97.9 Å². The SMILES string of the molecule is Cc1nccn1CCOc1ccc2nc(-c3ccc4cccc(N5CCC(N)CC5)c4n3)[nH]c2c1. The van der Waals surface area contributed by atoms with Crippen LogP contribution in [0, 0.1) is 6.92 Å². The van der Waals surface area contributed by atoms with E-state index in [4.69, 9.17) is 20.4 Å². The number of hydrogen-bond acceptors (Lipinski definition) is 6. The Labute approximate surface area is 203 Å². The largest absolute Gasteiger partial charge is 0.492 e.